The van der Waals surface area contributed by atoms with Gasteiger partial charge in [0.2, 0.25) is 5.95 Å². The fraction of sp³-hybridized carbons (Fsp3) is 0.167. The van der Waals surface area contributed by atoms with Crippen molar-refractivity contribution in [2.24, 2.45) is 0 Å². The number of rotatable bonds is 4. The lowest BCUT2D eigenvalue weighted by Gasteiger charge is -2.19. The van der Waals surface area contributed by atoms with Crippen LogP contribution in [0, 0.1) is 0 Å². The summed E-state index contributed by atoms with van der Waals surface area (Å²) in [6.07, 6.45) is 0.458. The highest BCUT2D eigenvalue weighted by atomic mass is 19.4. The molecule has 0 radical (unpaired) electrons. The van der Waals surface area contributed by atoms with Crippen LogP contribution >= 0.6 is 0 Å². The normalized spacial score (nSPS) is 12.6. The first-order valence-corrected chi connectivity index (χ1v) is 7.61. The highest BCUT2D eigenvalue weighted by Crippen LogP contribution is 2.35. The van der Waals surface area contributed by atoms with Gasteiger partial charge in [-0.1, -0.05) is 18.2 Å². The number of hydrogen-bond donors (Lipinski definition) is 1. The molecule has 0 aliphatic rings. The molecule has 4 nitrogen and oxygen atoms in total. The lowest BCUT2D eigenvalue weighted by Crippen LogP contribution is -2.16. The smallest absolute Gasteiger partial charge is 0.348 e. The highest BCUT2D eigenvalue weighted by Gasteiger charge is 2.34. The van der Waals surface area contributed by atoms with E-state index in [-0.39, 0.29) is 11.5 Å². The molecule has 0 bridgehead atoms. The van der Waals surface area contributed by atoms with Crippen molar-refractivity contribution in [2.45, 2.75) is 19.1 Å². The average molecular weight is 344 g/mol. The van der Waals surface area contributed by atoms with Gasteiger partial charge in [0, 0.05) is 24.2 Å². The summed E-state index contributed by atoms with van der Waals surface area (Å²) in [7, 11) is 0. The minimum Gasteiger partial charge on any atom is -0.348 e. The van der Waals surface area contributed by atoms with E-state index in [1.165, 1.54) is 12.1 Å². The molecule has 1 N–H and O–H groups in total. The maximum Gasteiger partial charge on any atom is 0.416 e. The molecular weight excluding hydrogens is 329 g/mol. The fourth-order valence-electron chi connectivity index (χ4n) is 2.51. The number of alkyl halides is 3. The molecule has 7 heteroatoms. The van der Waals surface area contributed by atoms with E-state index in [9.17, 15) is 13.2 Å². The van der Waals surface area contributed by atoms with E-state index in [0.717, 1.165) is 11.6 Å². The van der Waals surface area contributed by atoms with Crippen molar-refractivity contribution in [1.82, 2.24) is 15.0 Å². The third kappa shape index (κ3) is 3.93. The average Bonchev–Trinajstić information content (AvgIpc) is 2.62. The summed E-state index contributed by atoms with van der Waals surface area (Å²) in [5.41, 5.74) is 0.919. The van der Waals surface area contributed by atoms with Gasteiger partial charge in [0.15, 0.2) is 0 Å². The molecule has 0 aliphatic heterocycles. The van der Waals surface area contributed by atoms with Crippen LogP contribution in [0.25, 0.3) is 11.3 Å². The number of hydrogen-bond acceptors (Lipinski definition) is 4. The maximum absolute atomic E-state index is 13.2. The molecule has 0 unspecified atom stereocenters. The van der Waals surface area contributed by atoms with E-state index in [1.807, 2.05) is 6.07 Å². The first-order valence-electron chi connectivity index (χ1n) is 7.61. The molecule has 3 rings (SSSR count). The van der Waals surface area contributed by atoms with Crippen LogP contribution < -0.4 is 5.32 Å². The van der Waals surface area contributed by atoms with Gasteiger partial charge in [-0.2, -0.15) is 13.2 Å². The minimum atomic E-state index is -4.41. The zero-order valence-corrected chi connectivity index (χ0v) is 13.3. The summed E-state index contributed by atoms with van der Waals surface area (Å²) in [6.45, 7) is 1.64. The maximum atomic E-state index is 13.2. The molecule has 3 aromatic rings. The molecule has 0 saturated heterocycles. The largest absolute Gasteiger partial charge is 0.416 e. The standard InChI is InChI=1S/C18H15F3N4/c1-12(14-6-2-3-7-15(14)18(19,20)21)24-17-23-10-8-16(25-17)13-5-4-9-22-11-13/h2-12H,1H3,(H,23,24,25)/t12-/m1/s1. The number of benzene rings is 1. The van der Waals surface area contributed by atoms with Gasteiger partial charge in [-0.25, -0.2) is 9.97 Å². The Labute approximate surface area is 142 Å². The van der Waals surface area contributed by atoms with Crippen LogP contribution in [0.4, 0.5) is 19.1 Å². The summed E-state index contributed by atoms with van der Waals surface area (Å²) < 4.78 is 39.5. The third-order valence-electron chi connectivity index (χ3n) is 3.69. The molecule has 1 atom stereocenters. The third-order valence-corrected chi connectivity index (χ3v) is 3.69. The van der Waals surface area contributed by atoms with E-state index in [1.54, 1.807) is 43.7 Å². The second-order valence-electron chi connectivity index (χ2n) is 5.46. The van der Waals surface area contributed by atoms with E-state index in [0.29, 0.717) is 5.69 Å². The van der Waals surface area contributed by atoms with Crippen LogP contribution in [0.5, 0.6) is 0 Å². The van der Waals surface area contributed by atoms with Gasteiger partial charge in [0.25, 0.3) is 0 Å². The Morgan fingerprint density at radius 2 is 1.80 bits per heavy atom. The second-order valence-corrected chi connectivity index (χ2v) is 5.46. The van der Waals surface area contributed by atoms with Crippen molar-refractivity contribution in [3.05, 3.63) is 72.2 Å². The summed E-state index contributed by atoms with van der Waals surface area (Å²) in [4.78, 5) is 12.5. The fourth-order valence-corrected chi connectivity index (χ4v) is 2.51. The van der Waals surface area contributed by atoms with Crippen molar-refractivity contribution in [1.29, 1.82) is 0 Å². The molecule has 0 spiro atoms. The lowest BCUT2D eigenvalue weighted by molar-refractivity contribution is -0.138. The molecule has 25 heavy (non-hydrogen) atoms. The number of aromatic nitrogens is 3. The molecular formula is C18H15F3N4. The van der Waals surface area contributed by atoms with Gasteiger partial charge in [-0.15, -0.1) is 0 Å². The first kappa shape index (κ1) is 16.9. The second kappa shape index (κ2) is 6.88. The SMILES string of the molecule is C[C@@H](Nc1nccc(-c2cccnc2)n1)c1ccccc1C(F)(F)F. The molecule has 0 saturated carbocycles. The Bertz CT molecular complexity index is 850. The van der Waals surface area contributed by atoms with Gasteiger partial charge in [0.1, 0.15) is 0 Å². The molecule has 0 amide bonds. The molecule has 128 valence electrons. The number of halogens is 3. The Balaban J connectivity index is 1.86. The zero-order chi connectivity index (χ0) is 17.9. The van der Waals surface area contributed by atoms with Crippen LogP contribution in [0.1, 0.15) is 24.1 Å². The van der Waals surface area contributed by atoms with Crippen molar-refractivity contribution < 1.29 is 13.2 Å². The van der Waals surface area contributed by atoms with Crippen LogP contribution in [0.15, 0.2) is 61.1 Å². The van der Waals surface area contributed by atoms with Crippen molar-refractivity contribution in [3.8, 4) is 11.3 Å². The Kier molecular flexibility index (Phi) is 4.65. The zero-order valence-electron chi connectivity index (χ0n) is 13.3. The summed E-state index contributed by atoms with van der Waals surface area (Å²) in [5.74, 6) is 0.255. The number of nitrogens with one attached hydrogen (secondary N) is 1. The molecule has 2 heterocycles. The van der Waals surface area contributed by atoms with Crippen molar-refractivity contribution in [2.75, 3.05) is 5.32 Å². The first-order chi connectivity index (χ1) is 11.9. The number of pyridine rings is 1. The van der Waals surface area contributed by atoms with Crippen LogP contribution in [0.3, 0.4) is 0 Å². The summed E-state index contributed by atoms with van der Waals surface area (Å²) in [6, 6.07) is 10.2. The van der Waals surface area contributed by atoms with Crippen molar-refractivity contribution in [3.63, 3.8) is 0 Å². The van der Waals surface area contributed by atoms with E-state index >= 15 is 0 Å². The molecule has 1 aromatic carbocycles. The minimum absolute atomic E-state index is 0.144. The summed E-state index contributed by atoms with van der Waals surface area (Å²) >= 11 is 0. The Hall–Kier alpha value is -2.96. The predicted octanol–water partition coefficient (Wildman–Crippen LogP) is 4.73. The number of anilines is 1. The van der Waals surface area contributed by atoms with Crippen LogP contribution in [-0.4, -0.2) is 15.0 Å². The highest BCUT2D eigenvalue weighted by molar-refractivity contribution is 5.58. The van der Waals surface area contributed by atoms with E-state index in [2.05, 4.69) is 20.3 Å². The van der Waals surface area contributed by atoms with Gasteiger partial charge in [0.05, 0.1) is 17.3 Å². The van der Waals surface area contributed by atoms with Gasteiger partial charge >= 0.3 is 6.18 Å². The monoisotopic (exact) mass is 344 g/mol. The van der Waals surface area contributed by atoms with E-state index in [4.69, 9.17) is 0 Å². The summed E-state index contributed by atoms with van der Waals surface area (Å²) in [5, 5.41) is 2.94. The predicted molar refractivity (Wildman–Crippen MR) is 88.7 cm³/mol. The van der Waals surface area contributed by atoms with Crippen LogP contribution in [-0.2, 0) is 6.18 Å². The lowest BCUT2D eigenvalue weighted by atomic mass is 10.0. The molecule has 0 fully saturated rings. The van der Waals surface area contributed by atoms with Gasteiger partial charge in [-0.3, -0.25) is 4.98 Å². The quantitative estimate of drug-likeness (QED) is 0.743. The molecule has 2 aromatic heterocycles. The topological polar surface area (TPSA) is 50.7 Å². The van der Waals surface area contributed by atoms with Crippen molar-refractivity contribution >= 4 is 5.95 Å². The number of nitrogens with zero attached hydrogens (tertiary/aromatic N) is 3. The van der Waals surface area contributed by atoms with Gasteiger partial charge in [-0.05, 0) is 36.8 Å². The molecule has 0 aliphatic carbocycles. The van der Waals surface area contributed by atoms with Crippen LogP contribution in [0.2, 0.25) is 0 Å². The Morgan fingerprint density at radius 3 is 2.52 bits per heavy atom. The van der Waals surface area contributed by atoms with E-state index < -0.39 is 17.8 Å². The van der Waals surface area contributed by atoms with Gasteiger partial charge < -0.3 is 5.32 Å². The Morgan fingerprint density at radius 1 is 1.00 bits per heavy atom.